The first-order valence-electron chi connectivity index (χ1n) is 7.53. The maximum atomic E-state index is 9.57. The normalized spacial score (nSPS) is 16.1. The van der Waals surface area contributed by atoms with Crippen molar-refractivity contribution in [3.63, 3.8) is 0 Å². The molecule has 3 rings (SSSR count). The van der Waals surface area contributed by atoms with Gasteiger partial charge in [0.15, 0.2) is 0 Å². The number of hydrogen-bond acceptors (Lipinski definition) is 4. The molecule has 21 heavy (non-hydrogen) atoms. The summed E-state index contributed by atoms with van der Waals surface area (Å²) in [5.74, 6) is 1.23. The standard InChI is InChI=1S/C16H21N3O2/c1-21-14-9-5-8-13(10-14)19-16(15(11-20)17-18-19)12-6-3-2-4-7-12/h5,8-10,12,20H,2-4,6-7,11H2,1H3. The number of rotatable bonds is 4. The van der Waals surface area contributed by atoms with Crippen LogP contribution < -0.4 is 4.74 Å². The van der Waals surface area contributed by atoms with Crippen LogP contribution in [-0.2, 0) is 6.61 Å². The number of hydrogen-bond donors (Lipinski definition) is 1. The summed E-state index contributed by atoms with van der Waals surface area (Å²) in [6.45, 7) is -0.0597. The van der Waals surface area contributed by atoms with Crippen molar-refractivity contribution in [2.45, 2.75) is 44.6 Å². The molecule has 0 radical (unpaired) electrons. The molecule has 0 spiro atoms. The van der Waals surface area contributed by atoms with Crippen molar-refractivity contribution < 1.29 is 9.84 Å². The van der Waals surface area contributed by atoms with E-state index in [0.717, 1.165) is 30.0 Å². The Morgan fingerprint density at radius 3 is 2.81 bits per heavy atom. The van der Waals surface area contributed by atoms with Gasteiger partial charge < -0.3 is 9.84 Å². The van der Waals surface area contributed by atoms with Crippen molar-refractivity contribution in [1.82, 2.24) is 15.0 Å². The molecule has 5 nitrogen and oxygen atoms in total. The summed E-state index contributed by atoms with van der Waals surface area (Å²) < 4.78 is 7.15. The van der Waals surface area contributed by atoms with E-state index in [1.54, 1.807) is 7.11 Å². The van der Waals surface area contributed by atoms with Crippen LogP contribution in [0.15, 0.2) is 24.3 Å². The minimum atomic E-state index is -0.0597. The lowest BCUT2D eigenvalue weighted by Crippen LogP contribution is -2.13. The topological polar surface area (TPSA) is 60.2 Å². The Labute approximate surface area is 124 Å². The van der Waals surface area contributed by atoms with E-state index in [-0.39, 0.29) is 6.61 Å². The van der Waals surface area contributed by atoms with Crippen molar-refractivity contribution in [3.8, 4) is 11.4 Å². The quantitative estimate of drug-likeness (QED) is 0.939. The predicted molar refractivity (Wildman–Crippen MR) is 79.7 cm³/mol. The molecule has 1 aromatic heterocycles. The monoisotopic (exact) mass is 287 g/mol. The van der Waals surface area contributed by atoms with E-state index in [1.165, 1.54) is 19.3 Å². The number of aliphatic hydroxyl groups is 1. The van der Waals surface area contributed by atoms with Crippen molar-refractivity contribution in [2.24, 2.45) is 0 Å². The van der Waals surface area contributed by atoms with Crippen LogP contribution in [0.1, 0.15) is 49.4 Å². The summed E-state index contributed by atoms with van der Waals surface area (Å²) in [7, 11) is 1.65. The van der Waals surface area contributed by atoms with Crippen LogP contribution in [0, 0.1) is 0 Å². The third-order valence-corrected chi connectivity index (χ3v) is 4.22. The van der Waals surface area contributed by atoms with Crippen LogP contribution >= 0.6 is 0 Å². The van der Waals surface area contributed by atoms with E-state index in [0.29, 0.717) is 11.6 Å². The van der Waals surface area contributed by atoms with Crippen LogP contribution in [0.4, 0.5) is 0 Å². The van der Waals surface area contributed by atoms with E-state index in [1.807, 2.05) is 28.9 Å². The predicted octanol–water partition coefficient (Wildman–Crippen LogP) is 2.82. The molecule has 0 saturated heterocycles. The average Bonchev–Trinajstić information content (AvgIpc) is 2.99. The Morgan fingerprint density at radius 2 is 2.10 bits per heavy atom. The second-order valence-electron chi connectivity index (χ2n) is 5.53. The smallest absolute Gasteiger partial charge is 0.121 e. The second-order valence-corrected chi connectivity index (χ2v) is 5.53. The lowest BCUT2D eigenvalue weighted by molar-refractivity contribution is 0.273. The van der Waals surface area contributed by atoms with Gasteiger partial charge in [0.1, 0.15) is 11.4 Å². The van der Waals surface area contributed by atoms with Crippen molar-refractivity contribution >= 4 is 0 Å². The molecular formula is C16H21N3O2. The Balaban J connectivity index is 2.03. The van der Waals surface area contributed by atoms with Gasteiger partial charge in [-0.05, 0) is 25.0 Å². The summed E-state index contributed by atoms with van der Waals surface area (Å²) in [6, 6.07) is 7.79. The molecule has 1 saturated carbocycles. The van der Waals surface area contributed by atoms with E-state index < -0.39 is 0 Å². The minimum Gasteiger partial charge on any atom is -0.497 e. The largest absolute Gasteiger partial charge is 0.497 e. The van der Waals surface area contributed by atoms with Crippen LogP contribution in [0.25, 0.3) is 5.69 Å². The molecule has 0 aliphatic heterocycles. The number of aromatic nitrogens is 3. The Hall–Kier alpha value is -1.88. The molecule has 1 N–H and O–H groups in total. The zero-order chi connectivity index (χ0) is 14.7. The first-order valence-corrected chi connectivity index (χ1v) is 7.53. The maximum Gasteiger partial charge on any atom is 0.121 e. The van der Waals surface area contributed by atoms with Crippen LogP contribution in [0.3, 0.4) is 0 Å². The van der Waals surface area contributed by atoms with Gasteiger partial charge in [0.05, 0.1) is 25.1 Å². The van der Waals surface area contributed by atoms with Gasteiger partial charge in [-0.25, -0.2) is 4.68 Å². The molecule has 0 amide bonds. The Morgan fingerprint density at radius 1 is 1.29 bits per heavy atom. The molecule has 1 aliphatic carbocycles. The van der Waals surface area contributed by atoms with Gasteiger partial charge in [-0.3, -0.25) is 0 Å². The van der Waals surface area contributed by atoms with Gasteiger partial charge in [0.25, 0.3) is 0 Å². The SMILES string of the molecule is COc1cccc(-n2nnc(CO)c2C2CCCCC2)c1. The van der Waals surface area contributed by atoms with Gasteiger partial charge in [0.2, 0.25) is 0 Å². The summed E-state index contributed by atoms with van der Waals surface area (Å²) in [4.78, 5) is 0. The molecule has 2 aromatic rings. The van der Waals surface area contributed by atoms with Crippen molar-refractivity contribution in [2.75, 3.05) is 7.11 Å². The first-order chi connectivity index (χ1) is 10.3. The second kappa shape index (κ2) is 6.26. The third kappa shape index (κ3) is 2.78. The molecule has 0 bridgehead atoms. The molecule has 1 aromatic carbocycles. The van der Waals surface area contributed by atoms with E-state index in [9.17, 15) is 5.11 Å². The highest BCUT2D eigenvalue weighted by molar-refractivity contribution is 5.40. The molecule has 112 valence electrons. The van der Waals surface area contributed by atoms with Crippen molar-refractivity contribution in [1.29, 1.82) is 0 Å². The minimum absolute atomic E-state index is 0.0597. The fourth-order valence-corrected chi connectivity index (χ4v) is 3.15. The van der Waals surface area contributed by atoms with E-state index >= 15 is 0 Å². The third-order valence-electron chi connectivity index (χ3n) is 4.22. The van der Waals surface area contributed by atoms with Gasteiger partial charge in [-0.2, -0.15) is 0 Å². The van der Waals surface area contributed by atoms with Gasteiger partial charge in [0, 0.05) is 12.0 Å². The Kier molecular flexibility index (Phi) is 4.20. The van der Waals surface area contributed by atoms with Crippen LogP contribution in [-0.4, -0.2) is 27.2 Å². The van der Waals surface area contributed by atoms with Gasteiger partial charge in [-0.1, -0.05) is 30.5 Å². The molecule has 1 fully saturated rings. The van der Waals surface area contributed by atoms with Crippen LogP contribution in [0.5, 0.6) is 5.75 Å². The zero-order valence-corrected chi connectivity index (χ0v) is 12.3. The first kappa shape index (κ1) is 14.1. The number of benzene rings is 1. The lowest BCUT2D eigenvalue weighted by atomic mass is 9.86. The molecule has 0 unspecified atom stereocenters. The number of nitrogens with zero attached hydrogens (tertiary/aromatic N) is 3. The number of methoxy groups -OCH3 is 1. The summed E-state index contributed by atoms with van der Waals surface area (Å²) in [5.41, 5.74) is 2.69. The average molecular weight is 287 g/mol. The number of aliphatic hydroxyl groups excluding tert-OH is 1. The van der Waals surface area contributed by atoms with Crippen molar-refractivity contribution in [3.05, 3.63) is 35.7 Å². The summed E-state index contributed by atoms with van der Waals surface area (Å²) in [6.07, 6.45) is 6.05. The lowest BCUT2D eigenvalue weighted by Gasteiger charge is -2.23. The van der Waals surface area contributed by atoms with E-state index in [2.05, 4.69) is 10.3 Å². The molecular weight excluding hydrogens is 266 g/mol. The maximum absolute atomic E-state index is 9.57. The number of ether oxygens (including phenoxy) is 1. The molecule has 1 heterocycles. The fourth-order valence-electron chi connectivity index (χ4n) is 3.15. The highest BCUT2D eigenvalue weighted by Gasteiger charge is 2.24. The molecule has 1 aliphatic rings. The summed E-state index contributed by atoms with van der Waals surface area (Å²) >= 11 is 0. The highest BCUT2D eigenvalue weighted by Crippen LogP contribution is 2.35. The molecule has 0 atom stereocenters. The van der Waals surface area contributed by atoms with Gasteiger partial charge >= 0.3 is 0 Å². The molecule has 5 heteroatoms. The van der Waals surface area contributed by atoms with E-state index in [4.69, 9.17) is 4.74 Å². The highest BCUT2D eigenvalue weighted by atomic mass is 16.5. The summed E-state index contributed by atoms with van der Waals surface area (Å²) in [5, 5.41) is 18.0. The fraction of sp³-hybridized carbons (Fsp3) is 0.500. The Bertz CT molecular complexity index is 603. The van der Waals surface area contributed by atoms with Crippen LogP contribution in [0.2, 0.25) is 0 Å². The zero-order valence-electron chi connectivity index (χ0n) is 12.3. The van der Waals surface area contributed by atoms with Gasteiger partial charge in [-0.15, -0.1) is 5.10 Å².